The average Bonchev–Trinajstić information content (AvgIpc) is 2.85. The van der Waals surface area contributed by atoms with Gasteiger partial charge < -0.3 is 15.3 Å². The highest BCUT2D eigenvalue weighted by Crippen LogP contribution is 2.43. The molecule has 0 saturated carbocycles. The number of aromatic hydroxyl groups is 3. The lowest BCUT2D eigenvalue weighted by Gasteiger charge is -2.29. The summed E-state index contributed by atoms with van der Waals surface area (Å²) in [6.45, 7) is 30.1. The SMILES string of the molecule is CCCCc1c(O)c(Cc2cc(C(C)(C)C)c(O)c(C(C)(C)C)c2)cc(C)c1Cc1cc(C(C)(C)C)c(O)c(C(C)(C)C)c1. The molecule has 0 amide bonds. The predicted molar refractivity (Wildman–Crippen MR) is 188 cm³/mol. The minimum atomic E-state index is -0.212. The van der Waals surface area contributed by atoms with E-state index in [-0.39, 0.29) is 21.7 Å². The first-order valence-electron chi connectivity index (χ1n) is 16.5. The monoisotopic (exact) mass is 600 g/mol. The first kappa shape index (κ1) is 35.5. The number of phenols is 3. The van der Waals surface area contributed by atoms with Gasteiger partial charge in [0.05, 0.1) is 0 Å². The molecule has 0 aromatic heterocycles. The molecule has 242 valence electrons. The van der Waals surface area contributed by atoms with E-state index in [1.807, 2.05) is 0 Å². The van der Waals surface area contributed by atoms with Crippen LogP contribution in [0.1, 0.15) is 158 Å². The van der Waals surface area contributed by atoms with Gasteiger partial charge in [-0.1, -0.05) is 127 Å². The van der Waals surface area contributed by atoms with Crippen LogP contribution >= 0.6 is 0 Å². The Labute approximate surface area is 268 Å². The Balaban J connectivity index is 2.21. The van der Waals surface area contributed by atoms with Crippen LogP contribution in [-0.4, -0.2) is 15.3 Å². The summed E-state index contributed by atoms with van der Waals surface area (Å²) in [5, 5.41) is 34.5. The van der Waals surface area contributed by atoms with Crippen LogP contribution in [0, 0.1) is 6.92 Å². The summed E-state index contributed by atoms with van der Waals surface area (Å²) in [7, 11) is 0. The van der Waals surface area contributed by atoms with Gasteiger partial charge in [-0.15, -0.1) is 0 Å². The van der Waals surface area contributed by atoms with Gasteiger partial charge >= 0.3 is 0 Å². The van der Waals surface area contributed by atoms with Crippen LogP contribution in [0.4, 0.5) is 0 Å². The summed E-state index contributed by atoms with van der Waals surface area (Å²) in [6.07, 6.45) is 4.16. The van der Waals surface area contributed by atoms with E-state index in [2.05, 4.69) is 127 Å². The molecule has 3 aromatic rings. The Morgan fingerprint density at radius 3 is 1.20 bits per heavy atom. The topological polar surface area (TPSA) is 60.7 Å². The molecule has 0 unspecified atom stereocenters. The molecule has 0 aliphatic heterocycles. The van der Waals surface area contributed by atoms with E-state index in [4.69, 9.17) is 0 Å². The number of hydrogen-bond acceptors (Lipinski definition) is 3. The average molecular weight is 601 g/mol. The molecular weight excluding hydrogens is 540 g/mol. The van der Waals surface area contributed by atoms with Crippen LogP contribution < -0.4 is 0 Å². The van der Waals surface area contributed by atoms with Gasteiger partial charge in [0.2, 0.25) is 0 Å². The van der Waals surface area contributed by atoms with E-state index in [9.17, 15) is 15.3 Å². The standard InChI is InChI=1S/C41H60O3/c1-15-16-17-29-30(20-27-23-33(40(9,10)11)37(44)34(24-27)41(12,13)14)25(2)18-28(35(29)42)19-26-21-31(38(3,4)5)36(43)32(22-26)39(6,7)8/h18,21-24,42-44H,15-17,19-20H2,1-14H3. The third-order valence-corrected chi connectivity index (χ3v) is 8.95. The quantitative estimate of drug-likeness (QED) is 0.253. The second-order valence-electron chi connectivity index (χ2n) is 17.2. The Bertz CT molecular complexity index is 1430. The fraction of sp³-hybridized carbons (Fsp3) is 0.561. The minimum Gasteiger partial charge on any atom is -0.507 e. The Morgan fingerprint density at radius 1 is 0.500 bits per heavy atom. The van der Waals surface area contributed by atoms with Crippen LogP contribution in [0.5, 0.6) is 17.2 Å². The van der Waals surface area contributed by atoms with Crippen molar-refractivity contribution in [2.75, 3.05) is 0 Å². The van der Waals surface area contributed by atoms with Crippen molar-refractivity contribution in [1.82, 2.24) is 0 Å². The molecule has 3 N–H and O–H groups in total. The molecule has 44 heavy (non-hydrogen) atoms. The molecule has 3 aromatic carbocycles. The molecule has 3 nitrogen and oxygen atoms in total. The van der Waals surface area contributed by atoms with Crippen molar-refractivity contribution in [2.24, 2.45) is 0 Å². The second kappa shape index (κ2) is 12.5. The number of unbranched alkanes of at least 4 members (excludes halogenated alkanes) is 1. The van der Waals surface area contributed by atoms with E-state index in [0.717, 1.165) is 63.8 Å². The van der Waals surface area contributed by atoms with E-state index in [0.29, 0.717) is 30.1 Å². The van der Waals surface area contributed by atoms with Crippen molar-refractivity contribution in [2.45, 2.75) is 151 Å². The summed E-state index contributed by atoms with van der Waals surface area (Å²) < 4.78 is 0. The molecule has 0 spiro atoms. The van der Waals surface area contributed by atoms with Crippen molar-refractivity contribution in [3.63, 3.8) is 0 Å². The zero-order valence-electron chi connectivity index (χ0n) is 30.3. The maximum absolute atomic E-state index is 11.9. The highest BCUT2D eigenvalue weighted by atomic mass is 16.3. The van der Waals surface area contributed by atoms with Gasteiger partial charge in [0.1, 0.15) is 17.2 Å². The van der Waals surface area contributed by atoms with Crippen molar-refractivity contribution in [1.29, 1.82) is 0 Å². The zero-order chi connectivity index (χ0) is 33.6. The lowest BCUT2D eigenvalue weighted by Crippen LogP contribution is -2.18. The summed E-state index contributed by atoms with van der Waals surface area (Å²) in [4.78, 5) is 0. The summed E-state index contributed by atoms with van der Waals surface area (Å²) in [5.41, 5.74) is 9.57. The van der Waals surface area contributed by atoms with Crippen LogP contribution in [0.3, 0.4) is 0 Å². The molecule has 0 heterocycles. The highest BCUT2D eigenvalue weighted by Gasteiger charge is 2.29. The maximum Gasteiger partial charge on any atom is 0.123 e. The molecule has 0 atom stereocenters. The molecule has 0 radical (unpaired) electrons. The summed E-state index contributed by atoms with van der Waals surface area (Å²) >= 11 is 0. The van der Waals surface area contributed by atoms with Gasteiger partial charge in [0.25, 0.3) is 0 Å². The predicted octanol–water partition coefficient (Wildman–Crippen LogP) is 10.8. The third kappa shape index (κ3) is 7.82. The fourth-order valence-electron chi connectivity index (χ4n) is 6.30. The molecule has 0 saturated heterocycles. The van der Waals surface area contributed by atoms with Gasteiger partial charge in [-0.3, -0.25) is 0 Å². The maximum atomic E-state index is 11.9. The van der Waals surface area contributed by atoms with Crippen molar-refractivity contribution >= 4 is 0 Å². The second-order valence-corrected chi connectivity index (χ2v) is 17.2. The summed E-state index contributed by atoms with van der Waals surface area (Å²) in [5.74, 6) is 1.17. The third-order valence-electron chi connectivity index (χ3n) is 8.95. The van der Waals surface area contributed by atoms with Crippen molar-refractivity contribution in [3.8, 4) is 17.2 Å². The number of aryl methyl sites for hydroxylation is 1. The number of phenolic OH excluding ortho intramolecular Hbond substituents is 3. The molecule has 3 heteroatoms. The summed E-state index contributed by atoms with van der Waals surface area (Å²) in [6, 6.07) is 10.7. The molecule has 0 bridgehead atoms. The number of benzene rings is 3. The van der Waals surface area contributed by atoms with Crippen LogP contribution in [0.25, 0.3) is 0 Å². The van der Waals surface area contributed by atoms with Gasteiger partial charge in [-0.05, 0) is 103 Å². The van der Waals surface area contributed by atoms with Gasteiger partial charge in [-0.25, -0.2) is 0 Å². The smallest absolute Gasteiger partial charge is 0.123 e. The lowest BCUT2D eigenvalue weighted by molar-refractivity contribution is 0.421. The first-order valence-corrected chi connectivity index (χ1v) is 16.5. The Morgan fingerprint density at radius 2 is 0.864 bits per heavy atom. The van der Waals surface area contributed by atoms with Gasteiger partial charge in [-0.2, -0.15) is 0 Å². The van der Waals surface area contributed by atoms with E-state index < -0.39 is 0 Å². The first-order chi connectivity index (χ1) is 20.0. The van der Waals surface area contributed by atoms with Crippen molar-refractivity contribution < 1.29 is 15.3 Å². The number of hydrogen-bond donors (Lipinski definition) is 3. The van der Waals surface area contributed by atoms with Crippen LogP contribution in [-0.2, 0) is 40.9 Å². The fourth-order valence-corrected chi connectivity index (χ4v) is 6.30. The molecule has 0 aliphatic carbocycles. The van der Waals surface area contributed by atoms with Crippen LogP contribution in [0.15, 0.2) is 30.3 Å². The normalized spacial score (nSPS) is 13.0. The molecule has 0 aliphatic rings. The van der Waals surface area contributed by atoms with Crippen molar-refractivity contribution in [3.05, 3.63) is 86.0 Å². The Hall–Kier alpha value is -2.94. The van der Waals surface area contributed by atoms with E-state index in [1.165, 1.54) is 11.1 Å². The van der Waals surface area contributed by atoms with Gasteiger partial charge in [0.15, 0.2) is 0 Å². The zero-order valence-corrected chi connectivity index (χ0v) is 30.3. The van der Waals surface area contributed by atoms with E-state index >= 15 is 0 Å². The largest absolute Gasteiger partial charge is 0.507 e. The van der Waals surface area contributed by atoms with Gasteiger partial charge in [0, 0.05) is 6.42 Å². The lowest BCUT2D eigenvalue weighted by atomic mass is 9.77. The van der Waals surface area contributed by atoms with E-state index in [1.54, 1.807) is 0 Å². The minimum absolute atomic E-state index is 0.200. The highest BCUT2D eigenvalue weighted by molar-refractivity contribution is 5.57. The molecule has 3 rings (SSSR count). The molecule has 0 fully saturated rings. The number of rotatable bonds is 7. The molecular formula is C41H60O3. The van der Waals surface area contributed by atoms with Crippen LogP contribution in [0.2, 0.25) is 0 Å². The Kier molecular flexibility index (Phi) is 10.1.